The fraction of sp³-hybridized carbons (Fsp3) is 0.308. The Hall–Kier alpha value is -3.78. The van der Waals surface area contributed by atoms with Crippen LogP contribution in [-0.4, -0.2) is 47.0 Å². The molecule has 2 aromatic carbocycles. The fourth-order valence-corrected chi connectivity index (χ4v) is 3.69. The number of para-hydroxylation sites is 2. The number of fused-ring (bicyclic) bond motifs is 2. The first-order valence-electron chi connectivity index (χ1n) is 11.3. The number of nitrogens with zero attached hydrogens (tertiary/aromatic N) is 4. The molecule has 0 radical (unpaired) electrons. The summed E-state index contributed by atoms with van der Waals surface area (Å²) in [6.45, 7) is 7.54. The van der Waals surface area contributed by atoms with E-state index in [2.05, 4.69) is 43.3 Å². The number of ether oxygens (including phenoxy) is 1. The highest BCUT2D eigenvalue weighted by Crippen LogP contribution is 2.28. The molecule has 1 amide bonds. The first-order chi connectivity index (χ1) is 16.3. The predicted molar refractivity (Wildman–Crippen MR) is 136 cm³/mol. The third-order valence-corrected chi connectivity index (χ3v) is 5.61. The first kappa shape index (κ1) is 23.4. The normalized spacial score (nSPS) is 12.1. The van der Waals surface area contributed by atoms with E-state index >= 15 is 0 Å². The van der Waals surface area contributed by atoms with Gasteiger partial charge < -0.3 is 15.8 Å². The lowest BCUT2D eigenvalue weighted by atomic mass is 9.87. The highest BCUT2D eigenvalue weighted by molar-refractivity contribution is 6.10. The SMILES string of the molecule is COCCCNC(=O)c1c(N)n(N=Cc2ccc(C(C)(C)C)cc2)c2nc3ccccc3nc12. The van der Waals surface area contributed by atoms with Gasteiger partial charge in [0.25, 0.3) is 5.91 Å². The Bertz CT molecular complexity index is 1350. The van der Waals surface area contributed by atoms with E-state index in [1.807, 2.05) is 36.4 Å². The van der Waals surface area contributed by atoms with Gasteiger partial charge in [-0.3, -0.25) is 4.79 Å². The molecule has 0 atom stereocenters. The molecular formula is C26H30N6O2. The average Bonchev–Trinajstić information content (AvgIpc) is 3.08. The van der Waals surface area contributed by atoms with Crippen LogP contribution in [0.2, 0.25) is 0 Å². The minimum atomic E-state index is -0.313. The van der Waals surface area contributed by atoms with E-state index in [1.165, 1.54) is 10.2 Å². The van der Waals surface area contributed by atoms with Gasteiger partial charge in [0.05, 0.1) is 17.2 Å². The van der Waals surface area contributed by atoms with Crippen molar-refractivity contribution in [1.29, 1.82) is 0 Å². The lowest BCUT2D eigenvalue weighted by Gasteiger charge is -2.18. The number of aromatic nitrogens is 3. The van der Waals surface area contributed by atoms with Crippen LogP contribution < -0.4 is 11.1 Å². The van der Waals surface area contributed by atoms with Crippen molar-refractivity contribution in [2.24, 2.45) is 5.10 Å². The van der Waals surface area contributed by atoms with Gasteiger partial charge in [-0.25, -0.2) is 9.97 Å². The zero-order valence-electron chi connectivity index (χ0n) is 20.0. The van der Waals surface area contributed by atoms with Crippen LogP contribution in [0, 0.1) is 0 Å². The number of nitrogen functional groups attached to an aromatic ring is 1. The summed E-state index contributed by atoms with van der Waals surface area (Å²) in [6, 6.07) is 15.7. The summed E-state index contributed by atoms with van der Waals surface area (Å²) < 4.78 is 6.54. The number of amides is 1. The standard InChI is InChI=1S/C26H30N6O2/c1-26(2,3)18-12-10-17(11-13-18)16-29-32-23(27)21(25(33)28-14-7-15-34-4)22-24(32)31-20-9-6-5-8-19(20)30-22/h5-6,8-13,16H,7,14-15,27H2,1-4H3,(H,28,33). The quantitative estimate of drug-likeness (QED) is 0.320. The maximum atomic E-state index is 13.0. The molecule has 3 N–H and O–H groups in total. The van der Waals surface area contributed by atoms with Crippen LogP contribution in [-0.2, 0) is 10.2 Å². The highest BCUT2D eigenvalue weighted by Gasteiger charge is 2.24. The maximum Gasteiger partial charge on any atom is 0.257 e. The molecule has 4 aromatic rings. The second-order valence-electron chi connectivity index (χ2n) is 9.18. The molecule has 0 saturated carbocycles. The van der Waals surface area contributed by atoms with Crippen LogP contribution in [0.15, 0.2) is 53.6 Å². The summed E-state index contributed by atoms with van der Waals surface area (Å²) >= 11 is 0. The number of hydrogen-bond donors (Lipinski definition) is 2. The Kier molecular flexibility index (Phi) is 6.61. The van der Waals surface area contributed by atoms with Gasteiger partial charge in [0, 0.05) is 20.3 Å². The molecule has 176 valence electrons. The average molecular weight is 459 g/mol. The molecule has 0 saturated heterocycles. The molecule has 0 bridgehead atoms. The summed E-state index contributed by atoms with van der Waals surface area (Å²) in [5.41, 5.74) is 11.2. The number of nitrogens with two attached hydrogens (primary N) is 1. The zero-order chi connectivity index (χ0) is 24.3. The van der Waals surface area contributed by atoms with E-state index < -0.39 is 0 Å². The van der Waals surface area contributed by atoms with Crippen LogP contribution in [0.3, 0.4) is 0 Å². The van der Waals surface area contributed by atoms with Crippen molar-refractivity contribution in [3.63, 3.8) is 0 Å². The van der Waals surface area contributed by atoms with Gasteiger partial charge in [0.1, 0.15) is 16.9 Å². The second kappa shape index (κ2) is 9.61. The molecule has 34 heavy (non-hydrogen) atoms. The number of carbonyl (C=O) groups is 1. The Morgan fingerprint density at radius 2 is 1.79 bits per heavy atom. The van der Waals surface area contributed by atoms with Crippen molar-refractivity contribution in [1.82, 2.24) is 20.0 Å². The number of anilines is 1. The molecule has 2 heterocycles. The molecule has 2 aromatic heterocycles. The van der Waals surface area contributed by atoms with Gasteiger partial charge in [0.2, 0.25) is 0 Å². The minimum absolute atomic E-state index is 0.0683. The van der Waals surface area contributed by atoms with Crippen molar-refractivity contribution < 1.29 is 9.53 Å². The van der Waals surface area contributed by atoms with Crippen molar-refractivity contribution in [2.75, 3.05) is 26.0 Å². The predicted octanol–water partition coefficient (Wildman–Crippen LogP) is 4.11. The van der Waals surface area contributed by atoms with E-state index in [4.69, 9.17) is 20.4 Å². The van der Waals surface area contributed by atoms with Crippen LogP contribution in [0.25, 0.3) is 22.2 Å². The van der Waals surface area contributed by atoms with Gasteiger partial charge in [-0.15, -0.1) is 0 Å². The largest absolute Gasteiger partial charge is 0.385 e. The molecule has 4 rings (SSSR count). The summed E-state index contributed by atoms with van der Waals surface area (Å²) in [4.78, 5) is 22.4. The van der Waals surface area contributed by atoms with E-state index in [0.29, 0.717) is 41.8 Å². The van der Waals surface area contributed by atoms with Crippen LogP contribution in [0.1, 0.15) is 48.7 Å². The third-order valence-electron chi connectivity index (χ3n) is 5.61. The van der Waals surface area contributed by atoms with Crippen LogP contribution in [0.4, 0.5) is 5.82 Å². The molecule has 0 aliphatic carbocycles. The molecule has 0 spiro atoms. The molecule has 8 nitrogen and oxygen atoms in total. The fourth-order valence-electron chi connectivity index (χ4n) is 3.69. The maximum absolute atomic E-state index is 13.0. The topological polar surface area (TPSA) is 107 Å². The van der Waals surface area contributed by atoms with E-state index in [9.17, 15) is 4.79 Å². The summed E-state index contributed by atoms with van der Waals surface area (Å²) in [5, 5.41) is 7.47. The molecule has 0 aliphatic heterocycles. The first-order valence-corrected chi connectivity index (χ1v) is 11.3. The lowest BCUT2D eigenvalue weighted by Crippen LogP contribution is -2.26. The number of carbonyl (C=O) groups excluding carboxylic acids is 1. The van der Waals surface area contributed by atoms with E-state index in [-0.39, 0.29) is 22.7 Å². The highest BCUT2D eigenvalue weighted by atomic mass is 16.5. The molecule has 0 unspecified atom stereocenters. The molecular weight excluding hydrogens is 428 g/mol. The number of rotatable bonds is 7. The molecule has 8 heteroatoms. The van der Waals surface area contributed by atoms with Gasteiger partial charge >= 0.3 is 0 Å². The Labute approximate surface area is 198 Å². The van der Waals surface area contributed by atoms with E-state index in [0.717, 1.165) is 5.56 Å². The van der Waals surface area contributed by atoms with Crippen molar-refractivity contribution in [3.8, 4) is 0 Å². The minimum Gasteiger partial charge on any atom is -0.385 e. The summed E-state index contributed by atoms with van der Waals surface area (Å²) in [5.74, 6) is -0.122. The Morgan fingerprint density at radius 3 is 2.44 bits per heavy atom. The van der Waals surface area contributed by atoms with E-state index in [1.54, 1.807) is 13.3 Å². The number of nitrogens with one attached hydrogen (secondary N) is 1. The second-order valence-corrected chi connectivity index (χ2v) is 9.18. The Balaban J connectivity index is 1.76. The van der Waals surface area contributed by atoms with Gasteiger partial charge in [-0.1, -0.05) is 57.2 Å². The van der Waals surface area contributed by atoms with Gasteiger partial charge in [-0.2, -0.15) is 9.78 Å². The number of hydrogen-bond acceptors (Lipinski definition) is 6. The number of methoxy groups -OCH3 is 1. The molecule has 0 aliphatic rings. The lowest BCUT2D eigenvalue weighted by molar-refractivity contribution is 0.0951. The van der Waals surface area contributed by atoms with Crippen LogP contribution in [0.5, 0.6) is 0 Å². The third kappa shape index (κ3) is 4.77. The smallest absolute Gasteiger partial charge is 0.257 e. The monoisotopic (exact) mass is 458 g/mol. The van der Waals surface area contributed by atoms with Gasteiger partial charge in [-0.05, 0) is 35.1 Å². The van der Waals surface area contributed by atoms with Gasteiger partial charge in [0.15, 0.2) is 5.65 Å². The van der Waals surface area contributed by atoms with Crippen molar-refractivity contribution in [3.05, 3.63) is 65.2 Å². The van der Waals surface area contributed by atoms with Crippen molar-refractivity contribution >= 4 is 40.1 Å². The zero-order valence-corrected chi connectivity index (χ0v) is 20.0. The van der Waals surface area contributed by atoms with Crippen molar-refractivity contribution in [2.45, 2.75) is 32.6 Å². The summed E-state index contributed by atoms with van der Waals surface area (Å²) in [6.07, 6.45) is 2.40. The van der Waals surface area contributed by atoms with Crippen LogP contribution >= 0.6 is 0 Å². The molecule has 0 fully saturated rings. The Morgan fingerprint density at radius 1 is 1.12 bits per heavy atom. The number of benzene rings is 2. The summed E-state index contributed by atoms with van der Waals surface area (Å²) in [7, 11) is 1.63.